The summed E-state index contributed by atoms with van der Waals surface area (Å²) in [5, 5.41) is 4.66. The van der Waals surface area contributed by atoms with Crippen LogP contribution in [0.15, 0.2) is 24.4 Å². The Labute approximate surface area is 129 Å². The second-order valence-electron chi connectivity index (χ2n) is 6.03. The Kier molecular flexibility index (Phi) is 3.56. The molecule has 0 spiro atoms. The van der Waals surface area contributed by atoms with Gasteiger partial charge < -0.3 is 10.5 Å². The Bertz CT molecular complexity index is 648. The summed E-state index contributed by atoms with van der Waals surface area (Å²) in [6.07, 6.45) is 5.44. The van der Waals surface area contributed by atoms with E-state index in [0.29, 0.717) is 11.9 Å². The van der Waals surface area contributed by atoms with Gasteiger partial charge in [0, 0.05) is 44.4 Å². The number of rotatable bonds is 3. The van der Waals surface area contributed by atoms with Crippen LogP contribution in [0.3, 0.4) is 0 Å². The van der Waals surface area contributed by atoms with E-state index in [-0.39, 0.29) is 0 Å². The van der Waals surface area contributed by atoms with Crippen LogP contribution >= 0.6 is 0 Å². The first-order valence-corrected chi connectivity index (χ1v) is 7.93. The Hall–Kier alpha value is -1.92. The van der Waals surface area contributed by atoms with E-state index in [1.807, 2.05) is 18.2 Å². The zero-order valence-corrected chi connectivity index (χ0v) is 12.6. The average Bonchev–Trinajstić information content (AvgIpc) is 3.17. The SMILES string of the molecule is Nc1c2c(nn1-c1ccccn1)CCN(CC1CCCO1)C2. The summed E-state index contributed by atoms with van der Waals surface area (Å²) in [6, 6.07) is 5.78. The normalized spacial score (nSPS) is 21.9. The highest BCUT2D eigenvalue weighted by atomic mass is 16.5. The van der Waals surface area contributed by atoms with Gasteiger partial charge in [0.2, 0.25) is 0 Å². The number of aromatic nitrogens is 3. The highest BCUT2D eigenvalue weighted by molar-refractivity contribution is 5.49. The van der Waals surface area contributed by atoms with Gasteiger partial charge in [0.1, 0.15) is 5.82 Å². The summed E-state index contributed by atoms with van der Waals surface area (Å²) in [5.41, 5.74) is 8.58. The molecule has 1 fully saturated rings. The van der Waals surface area contributed by atoms with Crippen molar-refractivity contribution in [2.24, 2.45) is 0 Å². The fourth-order valence-electron chi connectivity index (χ4n) is 3.34. The second-order valence-corrected chi connectivity index (χ2v) is 6.03. The molecule has 1 atom stereocenters. The van der Waals surface area contributed by atoms with Crippen LogP contribution in [0, 0.1) is 0 Å². The molecule has 2 aromatic heterocycles. The average molecular weight is 299 g/mol. The molecule has 4 rings (SSSR count). The number of nitrogens with zero attached hydrogens (tertiary/aromatic N) is 4. The molecule has 0 amide bonds. The van der Waals surface area contributed by atoms with Crippen molar-refractivity contribution >= 4 is 5.82 Å². The zero-order valence-electron chi connectivity index (χ0n) is 12.6. The Morgan fingerprint density at radius 1 is 1.36 bits per heavy atom. The van der Waals surface area contributed by atoms with Crippen molar-refractivity contribution in [2.45, 2.75) is 31.9 Å². The Morgan fingerprint density at radius 3 is 3.09 bits per heavy atom. The van der Waals surface area contributed by atoms with Crippen LogP contribution in [0.25, 0.3) is 5.82 Å². The Morgan fingerprint density at radius 2 is 2.32 bits per heavy atom. The van der Waals surface area contributed by atoms with Crippen LogP contribution in [-0.4, -0.2) is 45.5 Å². The van der Waals surface area contributed by atoms with E-state index < -0.39 is 0 Å². The number of anilines is 1. The molecule has 2 aromatic rings. The van der Waals surface area contributed by atoms with Gasteiger partial charge in [-0.15, -0.1) is 0 Å². The van der Waals surface area contributed by atoms with Crippen molar-refractivity contribution < 1.29 is 4.74 Å². The molecule has 0 aromatic carbocycles. The van der Waals surface area contributed by atoms with E-state index >= 15 is 0 Å². The number of pyridine rings is 1. The lowest BCUT2D eigenvalue weighted by Gasteiger charge is -2.28. The van der Waals surface area contributed by atoms with E-state index in [1.54, 1.807) is 10.9 Å². The lowest BCUT2D eigenvalue weighted by Crippen LogP contribution is -2.36. The third kappa shape index (κ3) is 2.48. The van der Waals surface area contributed by atoms with E-state index in [0.717, 1.165) is 49.7 Å². The van der Waals surface area contributed by atoms with Gasteiger partial charge in [-0.25, -0.2) is 4.98 Å². The van der Waals surface area contributed by atoms with Crippen LogP contribution < -0.4 is 5.73 Å². The quantitative estimate of drug-likeness (QED) is 0.927. The number of hydrogen-bond acceptors (Lipinski definition) is 5. The molecule has 4 heterocycles. The minimum Gasteiger partial charge on any atom is -0.383 e. The van der Waals surface area contributed by atoms with E-state index in [2.05, 4.69) is 15.0 Å². The summed E-state index contributed by atoms with van der Waals surface area (Å²) in [7, 11) is 0. The molecule has 6 heteroatoms. The summed E-state index contributed by atoms with van der Waals surface area (Å²) in [5.74, 6) is 1.49. The number of nitrogen functional groups attached to an aromatic ring is 1. The van der Waals surface area contributed by atoms with Crippen molar-refractivity contribution in [3.05, 3.63) is 35.7 Å². The molecule has 1 saturated heterocycles. The maximum Gasteiger partial charge on any atom is 0.155 e. The monoisotopic (exact) mass is 299 g/mol. The molecule has 0 saturated carbocycles. The van der Waals surface area contributed by atoms with E-state index in [9.17, 15) is 0 Å². The first kappa shape index (κ1) is 13.7. The zero-order chi connectivity index (χ0) is 14.9. The molecule has 116 valence electrons. The molecule has 6 nitrogen and oxygen atoms in total. The highest BCUT2D eigenvalue weighted by Crippen LogP contribution is 2.27. The molecule has 2 N–H and O–H groups in total. The van der Waals surface area contributed by atoms with Gasteiger partial charge in [-0.3, -0.25) is 4.90 Å². The molecule has 2 aliphatic heterocycles. The number of hydrogen-bond donors (Lipinski definition) is 1. The van der Waals surface area contributed by atoms with E-state index in [1.165, 1.54) is 12.8 Å². The minimum absolute atomic E-state index is 0.383. The highest BCUT2D eigenvalue weighted by Gasteiger charge is 2.27. The van der Waals surface area contributed by atoms with Gasteiger partial charge in [0.25, 0.3) is 0 Å². The van der Waals surface area contributed by atoms with Crippen LogP contribution in [-0.2, 0) is 17.7 Å². The predicted molar refractivity (Wildman–Crippen MR) is 83.7 cm³/mol. The summed E-state index contributed by atoms with van der Waals surface area (Å²) < 4.78 is 7.51. The van der Waals surface area contributed by atoms with Gasteiger partial charge in [-0.05, 0) is 25.0 Å². The maximum atomic E-state index is 6.33. The molecule has 0 aliphatic carbocycles. The molecular formula is C16H21N5O. The minimum atomic E-state index is 0.383. The van der Waals surface area contributed by atoms with Crippen molar-refractivity contribution in [1.29, 1.82) is 0 Å². The van der Waals surface area contributed by atoms with Gasteiger partial charge in [0.15, 0.2) is 5.82 Å². The first-order valence-electron chi connectivity index (χ1n) is 7.93. The maximum absolute atomic E-state index is 6.33. The lowest BCUT2D eigenvalue weighted by atomic mass is 10.1. The largest absolute Gasteiger partial charge is 0.383 e. The summed E-state index contributed by atoms with van der Waals surface area (Å²) >= 11 is 0. The lowest BCUT2D eigenvalue weighted by molar-refractivity contribution is 0.0688. The Balaban J connectivity index is 1.55. The van der Waals surface area contributed by atoms with Crippen molar-refractivity contribution in [3.63, 3.8) is 0 Å². The fourth-order valence-corrected chi connectivity index (χ4v) is 3.34. The summed E-state index contributed by atoms with van der Waals surface area (Å²) in [6.45, 7) is 3.77. The summed E-state index contributed by atoms with van der Waals surface area (Å²) in [4.78, 5) is 6.77. The van der Waals surface area contributed by atoms with Crippen molar-refractivity contribution in [3.8, 4) is 5.82 Å². The molecule has 0 radical (unpaired) electrons. The predicted octanol–water partition coefficient (Wildman–Crippen LogP) is 1.39. The van der Waals surface area contributed by atoms with Gasteiger partial charge in [-0.2, -0.15) is 9.78 Å². The van der Waals surface area contributed by atoms with Gasteiger partial charge in [-0.1, -0.05) is 6.07 Å². The molecule has 1 unspecified atom stereocenters. The number of ether oxygens (including phenoxy) is 1. The van der Waals surface area contributed by atoms with E-state index in [4.69, 9.17) is 10.5 Å². The van der Waals surface area contributed by atoms with Gasteiger partial charge in [0.05, 0.1) is 11.8 Å². The second kappa shape index (κ2) is 5.70. The van der Waals surface area contributed by atoms with Gasteiger partial charge >= 0.3 is 0 Å². The van der Waals surface area contributed by atoms with Crippen molar-refractivity contribution in [2.75, 3.05) is 25.4 Å². The molecule has 2 aliphatic rings. The number of fused-ring (bicyclic) bond motifs is 1. The number of nitrogens with two attached hydrogens (primary N) is 1. The first-order chi connectivity index (χ1) is 10.8. The fraction of sp³-hybridized carbons (Fsp3) is 0.500. The smallest absolute Gasteiger partial charge is 0.155 e. The third-order valence-electron chi connectivity index (χ3n) is 4.51. The molecule has 22 heavy (non-hydrogen) atoms. The standard InChI is InChI=1S/C16H21N5O/c17-16-13-11-20(10-12-4-3-9-22-12)8-6-14(13)19-21(16)15-5-1-2-7-18-15/h1-2,5,7,12H,3-4,6,8-11,17H2. The van der Waals surface area contributed by atoms with Crippen LogP contribution in [0.5, 0.6) is 0 Å². The van der Waals surface area contributed by atoms with Crippen LogP contribution in [0.1, 0.15) is 24.1 Å². The molecule has 0 bridgehead atoms. The third-order valence-corrected chi connectivity index (χ3v) is 4.51. The molecular weight excluding hydrogens is 278 g/mol. The topological polar surface area (TPSA) is 69.2 Å². The van der Waals surface area contributed by atoms with Crippen LogP contribution in [0.2, 0.25) is 0 Å². The van der Waals surface area contributed by atoms with Crippen molar-refractivity contribution in [1.82, 2.24) is 19.7 Å². The van der Waals surface area contributed by atoms with Crippen LogP contribution in [0.4, 0.5) is 5.82 Å².